The van der Waals surface area contributed by atoms with Gasteiger partial charge in [-0.3, -0.25) is 30.6 Å². The summed E-state index contributed by atoms with van der Waals surface area (Å²) in [6.45, 7) is 4.07. The van der Waals surface area contributed by atoms with Gasteiger partial charge in [0.15, 0.2) is 0 Å². The number of amides is 2. The number of carbonyl (C=O) groups is 2. The van der Waals surface area contributed by atoms with Gasteiger partial charge in [0.25, 0.3) is 0 Å². The molecule has 0 bridgehead atoms. The van der Waals surface area contributed by atoms with Crippen LogP contribution in [0.25, 0.3) is 0 Å². The van der Waals surface area contributed by atoms with E-state index in [1.54, 1.807) is 12.4 Å². The monoisotopic (exact) mass is 334 g/mol. The second kappa shape index (κ2) is 8.10. The average Bonchev–Trinajstić information content (AvgIpc) is 2.61. The van der Waals surface area contributed by atoms with Crippen LogP contribution in [0, 0.1) is 18.3 Å². The van der Waals surface area contributed by atoms with Gasteiger partial charge in [-0.25, -0.2) is 5.06 Å². The molecule has 1 fully saturated rings. The molecule has 2 rings (SSSR count). The Labute approximate surface area is 142 Å². The number of hydrogen-bond donors (Lipinski definition) is 3. The van der Waals surface area contributed by atoms with Crippen LogP contribution in [0.4, 0.5) is 5.69 Å². The van der Waals surface area contributed by atoms with Gasteiger partial charge in [0.05, 0.1) is 23.8 Å². The van der Waals surface area contributed by atoms with Crippen molar-refractivity contribution in [3.8, 4) is 0 Å². The SMILES string of the molecule is CC[C@H]1CC[C@](CN(O)C=O)(C(=O)NNc2cnccc2C)CC1. The van der Waals surface area contributed by atoms with E-state index in [9.17, 15) is 14.8 Å². The highest BCUT2D eigenvalue weighted by atomic mass is 16.5. The van der Waals surface area contributed by atoms with Crippen molar-refractivity contribution in [1.29, 1.82) is 0 Å². The summed E-state index contributed by atoms with van der Waals surface area (Å²) in [5.74, 6) is 0.393. The number of rotatable bonds is 7. The highest BCUT2D eigenvalue weighted by Crippen LogP contribution is 2.40. The molecule has 0 saturated heterocycles. The van der Waals surface area contributed by atoms with Crippen molar-refractivity contribution in [2.75, 3.05) is 12.0 Å². The van der Waals surface area contributed by atoms with Crippen LogP contribution in [0.5, 0.6) is 0 Å². The standard InChI is InChI=1S/C17H26N4O3/c1-3-14-4-7-17(8-5-14,11-21(24)12-22)16(23)20-19-15-10-18-9-6-13(15)2/h6,9-10,12,14,19,24H,3-5,7-8,11H2,1-2H3,(H,20,23)/t14-,17-. The van der Waals surface area contributed by atoms with Crippen LogP contribution in [-0.4, -0.2) is 34.1 Å². The Balaban J connectivity index is 2.07. The molecule has 7 nitrogen and oxygen atoms in total. The van der Waals surface area contributed by atoms with Crippen molar-refractivity contribution < 1.29 is 14.8 Å². The number of aromatic nitrogens is 1. The maximum atomic E-state index is 12.8. The van der Waals surface area contributed by atoms with Gasteiger partial charge < -0.3 is 0 Å². The topological polar surface area (TPSA) is 94.6 Å². The van der Waals surface area contributed by atoms with E-state index in [0.29, 0.717) is 30.2 Å². The zero-order valence-corrected chi connectivity index (χ0v) is 14.3. The number of aryl methyl sites for hydroxylation is 1. The molecule has 0 unspecified atom stereocenters. The molecule has 0 aliphatic heterocycles. The zero-order valence-electron chi connectivity index (χ0n) is 14.3. The Morgan fingerprint density at radius 1 is 1.50 bits per heavy atom. The first-order valence-electron chi connectivity index (χ1n) is 8.38. The molecule has 0 aromatic carbocycles. The fourth-order valence-electron chi connectivity index (χ4n) is 3.29. The normalized spacial score (nSPS) is 23.4. The van der Waals surface area contributed by atoms with Crippen molar-refractivity contribution >= 4 is 18.0 Å². The van der Waals surface area contributed by atoms with Gasteiger partial charge in [-0.15, -0.1) is 0 Å². The van der Waals surface area contributed by atoms with Crippen molar-refractivity contribution in [3.05, 3.63) is 24.0 Å². The lowest BCUT2D eigenvalue weighted by molar-refractivity contribution is -0.163. The van der Waals surface area contributed by atoms with Crippen LogP contribution < -0.4 is 10.9 Å². The first kappa shape index (κ1) is 18.2. The number of hydrogen-bond acceptors (Lipinski definition) is 5. The largest absolute Gasteiger partial charge is 0.297 e. The first-order valence-corrected chi connectivity index (χ1v) is 8.38. The molecule has 0 spiro atoms. The van der Waals surface area contributed by atoms with E-state index in [4.69, 9.17) is 0 Å². The third-order valence-corrected chi connectivity index (χ3v) is 5.06. The summed E-state index contributed by atoms with van der Waals surface area (Å²) < 4.78 is 0. The summed E-state index contributed by atoms with van der Waals surface area (Å²) in [5, 5.41) is 10.2. The lowest BCUT2D eigenvalue weighted by atomic mass is 9.69. The molecule has 1 aromatic heterocycles. The fourth-order valence-corrected chi connectivity index (χ4v) is 3.29. The molecule has 24 heavy (non-hydrogen) atoms. The van der Waals surface area contributed by atoms with E-state index in [0.717, 1.165) is 30.5 Å². The molecule has 7 heteroatoms. The Kier molecular flexibility index (Phi) is 6.14. The maximum absolute atomic E-state index is 12.8. The molecule has 1 aliphatic carbocycles. The van der Waals surface area contributed by atoms with Gasteiger partial charge in [-0.2, -0.15) is 0 Å². The molecule has 0 radical (unpaired) electrons. The Bertz CT molecular complexity index is 571. The van der Waals surface area contributed by atoms with Gasteiger partial charge in [-0.05, 0) is 50.2 Å². The van der Waals surface area contributed by atoms with Crippen LogP contribution in [-0.2, 0) is 9.59 Å². The summed E-state index contributed by atoms with van der Waals surface area (Å²) in [6.07, 6.45) is 7.89. The molecule has 2 amide bonds. The lowest BCUT2D eigenvalue weighted by Gasteiger charge is -2.39. The fraction of sp³-hybridized carbons (Fsp3) is 0.588. The van der Waals surface area contributed by atoms with E-state index in [2.05, 4.69) is 22.8 Å². The van der Waals surface area contributed by atoms with Crippen LogP contribution in [0.1, 0.15) is 44.6 Å². The molecule has 0 atom stereocenters. The third-order valence-electron chi connectivity index (χ3n) is 5.06. The van der Waals surface area contributed by atoms with Gasteiger partial charge in [0, 0.05) is 6.20 Å². The minimum atomic E-state index is -0.773. The zero-order chi connectivity index (χ0) is 17.6. The number of nitrogens with zero attached hydrogens (tertiary/aromatic N) is 2. The summed E-state index contributed by atoms with van der Waals surface area (Å²) in [7, 11) is 0. The van der Waals surface area contributed by atoms with Gasteiger partial charge >= 0.3 is 0 Å². The Hall–Kier alpha value is -2.15. The van der Waals surface area contributed by atoms with Crippen LogP contribution in [0.15, 0.2) is 18.5 Å². The number of carbonyl (C=O) groups excluding carboxylic acids is 2. The number of hydrazine groups is 1. The molecule has 1 saturated carbocycles. The predicted molar refractivity (Wildman–Crippen MR) is 90.0 cm³/mol. The molecule has 1 aliphatic rings. The van der Waals surface area contributed by atoms with Crippen molar-refractivity contribution in [2.45, 2.75) is 46.0 Å². The minimum Gasteiger partial charge on any atom is -0.297 e. The van der Waals surface area contributed by atoms with Crippen LogP contribution in [0.3, 0.4) is 0 Å². The summed E-state index contributed by atoms with van der Waals surface area (Å²) >= 11 is 0. The number of pyridine rings is 1. The average molecular weight is 334 g/mol. The van der Waals surface area contributed by atoms with E-state index in [1.807, 2.05) is 13.0 Å². The lowest BCUT2D eigenvalue weighted by Crippen LogP contribution is -2.51. The van der Waals surface area contributed by atoms with Gasteiger partial charge in [-0.1, -0.05) is 13.3 Å². The van der Waals surface area contributed by atoms with E-state index >= 15 is 0 Å². The maximum Gasteiger partial charge on any atom is 0.246 e. The molecule has 132 valence electrons. The van der Waals surface area contributed by atoms with Crippen LogP contribution in [0.2, 0.25) is 0 Å². The van der Waals surface area contributed by atoms with Crippen molar-refractivity contribution in [2.24, 2.45) is 11.3 Å². The van der Waals surface area contributed by atoms with Gasteiger partial charge in [0.1, 0.15) is 0 Å². The summed E-state index contributed by atoms with van der Waals surface area (Å²) in [6, 6.07) is 1.85. The highest BCUT2D eigenvalue weighted by Gasteiger charge is 2.43. The number of nitrogens with one attached hydrogen (secondary N) is 2. The number of hydroxylamine groups is 2. The predicted octanol–water partition coefficient (Wildman–Crippen LogP) is 2.27. The molecule has 1 aromatic rings. The molecule has 1 heterocycles. The summed E-state index contributed by atoms with van der Waals surface area (Å²) in [5.41, 5.74) is 6.54. The summed E-state index contributed by atoms with van der Waals surface area (Å²) in [4.78, 5) is 27.6. The second-order valence-electron chi connectivity index (χ2n) is 6.60. The van der Waals surface area contributed by atoms with E-state index in [-0.39, 0.29) is 12.5 Å². The van der Waals surface area contributed by atoms with Gasteiger partial charge in [0.2, 0.25) is 12.3 Å². The quantitative estimate of drug-likeness (QED) is 0.404. The molecule has 3 N–H and O–H groups in total. The molecular formula is C17H26N4O3. The highest BCUT2D eigenvalue weighted by molar-refractivity contribution is 5.84. The molecular weight excluding hydrogens is 308 g/mol. The van der Waals surface area contributed by atoms with Crippen molar-refractivity contribution in [3.63, 3.8) is 0 Å². The Morgan fingerprint density at radius 3 is 2.79 bits per heavy atom. The third kappa shape index (κ3) is 4.23. The Morgan fingerprint density at radius 2 is 2.21 bits per heavy atom. The van der Waals surface area contributed by atoms with Crippen LogP contribution >= 0.6 is 0 Å². The smallest absolute Gasteiger partial charge is 0.246 e. The van der Waals surface area contributed by atoms with E-state index in [1.165, 1.54) is 0 Å². The minimum absolute atomic E-state index is 0.00642. The van der Waals surface area contributed by atoms with E-state index < -0.39 is 5.41 Å². The number of anilines is 1. The second-order valence-corrected chi connectivity index (χ2v) is 6.60. The van der Waals surface area contributed by atoms with Crippen molar-refractivity contribution in [1.82, 2.24) is 15.5 Å². The first-order chi connectivity index (χ1) is 11.5.